The van der Waals surface area contributed by atoms with Gasteiger partial charge in [-0.25, -0.2) is 0 Å². The van der Waals surface area contributed by atoms with Gasteiger partial charge in [-0.15, -0.1) is 0 Å². The van der Waals surface area contributed by atoms with Crippen LogP contribution in [0.4, 0.5) is 0 Å². The topological polar surface area (TPSA) is 83.8 Å². The number of ether oxygens (including phenoxy) is 1. The van der Waals surface area contributed by atoms with Crippen LogP contribution in [0.15, 0.2) is 23.5 Å². The van der Waals surface area contributed by atoms with E-state index >= 15 is 0 Å². The van der Waals surface area contributed by atoms with Gasteiger partial charge in [-0.1, -0.05) is 33.3 Å². The van der Waals surface area contributed by atoms with Crippen LogP contribution in [-0.4, -0.2) is 33.2 Å². The Kier molecular flexibility index (Phi) is 3.50. The van der Waals surface area contributed by atoms with Gasteiger partial charge in [0.2, 0.25) is 11.6 Å². The summed E-state index contributed by atoms with van der Waals surface area (Å²) in [5.41, 5.74) is -0.141. The Bertz CT molecular complexity index is 758. The molecule has 5 heteroatoms. The van der Waals surface area contributed by atoms with E-state index in [4.69, 9.17) is 4.74 Å². The number of aliphatic hydroxyl groups is 2. The summed E-state index contributed by atoms with van der Waals surface area (Å²) in [5, 5.41) is 19.8. The van der Waals surface area contributed by atoms with Crippen molar-refractivity contribution in [2.24, 2.45) is 22.7 Å². The predicted octanol–water partition coefficient (Wildman–Crippen LogP) is 2.66. The summed E-state index contributed by atoms with van der Waals surface area (Å²) in [6.45, 7) is 9.01. The summed E-state index contributed by atoms with van der Waals surface area (Å²) in [7, 11) is 0. The third kappa shape index (κ3) is 2.16. The minimum atomic E-state index is -2.98. The van der Waals surface area contributed by atoms with Crippen LogP contribution < -0.4 is 0 Å². The Morgan fingerprint density at radius 3 is 2.46 bits per heavy atom. The number of hydrogen-bond donors (Lipinski definition) is 2. The second-order valence-corrected chi connectivity index (χ2v) is 9.79. The lowest BCUT2D eigenvalue weighted by molar-refractivity contribution is -0.189. The molecule has 1 aliphatic heterocycles. The number of allylic oxidation sites excluding steroid dienone is 1. The summed E-state index contributed by atoms with van der Waals surface area (Å²) >= 11 is 0. The maximum atomic E-state index is 12.6. The molecule has 2 N–H and O–H groups in total. The highest BCUT2D eigenvalue weighted by Crippen LogP contribution is 2.64. The molecule has 2 saturated carbocycles. The summed E-state index contributed by atoms with van der Waals surface area (Å²) in [5.74, 6) is -4.28. The van der Waals surface area contributed by atoms with Crippen molar-refractivity contribution in [2.75, 3.05) is 0 Å². The average Bonchev–Trinajstić information content (AvgIpc) is 2.51. The van der Waals surface area contributed by atoms with E-state index in [-0.39, 0.29) is 28.1 Å². The summed E-state index contributed by atoms with van der Waals surface area (Å²) < 4.78 is 6.23. The van der Waals surface area contributed by atoms with E-state index < -0.39 is 23.0 Å². The Labute approximate surface area is 154 Å². The second kappa shape index (κ2) is 5.08. The van der Waals surface area contributed by atoms with Crippen molar-refractivity contribution in [3.8, 4) is 0 Å². The van der Waals surface area contributed by atoms with Gasteiger partial charge < -0.3 is 14.9 Å². The van der Waals surface area contributed by atoms with Gasteiger partial charge in [0.15, 0.2) is 0 Å². The maximum absolute atomic E-state index is 12.6. The second-order valence-electron chi connectivity index (χ2n) is 9.79. The highest BCUT2D eigenvalue weighted by molar-refractivity contribution is 6.23. The van der Waals surface area contributed by atoms with Gasteiger partial charge in [-0.05, 0) is 49.4 Å². The Morgan fingerprint density at radius 1 is 1.08 bits per heavy atom. The Morgan fingerprint density at radius 2 is 1.77 bits per heavy atom. The van der Waals surface area contributed by atoms with Gasteiger partial charge in [0.05, 0.1) is 5.57 Å². The van der Waals surface area contributed by atoms with Gasteiger partial charge in [-0.2, -0.15) is 0 Å². The minimum Gasteiger partial charge on any atom is -0.486 e. The molecule has 0 aromatic carbocycles. The first-order valence-corrected chi connectivity index (χ1v) is 9.59. The molecular formula is C21H28O5. The third-order valence-corrected chi connectivity index (χ3v) is 7.68. The quantitative estimate of drug-likeness (QED) is 0.512. The fourth-order valence-corrected chi connectivity index (χ4v) is 6.39. The van der Waals surface area contributed by atoms with Crippen LogP contribution >= 0.6 is 0 Å². The van der Waals surface area contributed by atoms with E-state index in [9.17, 15) is 19.8 Å². The lowest BCUT2D eigenvalue weighted by atomic mass is 9.45. The maximum Gasteiger partial charge on any atom is 0.294 e. The first-order valence-electron chi connectivity index (χ1n) is 9.59. The molecule has 0 spiro atoms. The van der Waals surface area contributed by atoms with Gasteiger partial charge in [0, 0.05) is 12.0 Å². The fraction of sp³-hybridized carbons (Fsp3) is 0.714. The van der Waals surface area contributed by atoms with Gasteiger partial charge in [-0.3, -0.25) is 9.59 Å². The zero-order chi connectivity index (χ0) is 19.1. The molecular weight excluding hydrogens is 332 g/mol. The molecule has 4 atom stereocenters. The fourth-order valence-electron chi connectivity index (χ4n) is 6.39. The lowest BCUT2D eigenvalue weighted by Gasteiger charge is -2.62. The van der Waals surface area contributed by atoms with Crippen molar-refractivity contribution in [3.05, 3.63) is 23.5 Å². The van der Waals surface area contributed by atoms with Gasteiger partial charge >= 0.3 is 0 Å². The largest absolute Gasteiger partial charge is 0.486 e. The first kappa shape index (κ1) is 17.9. The van der Waals surface area contributed by atoms with Gasteiger partial charge in [0.25, 0.3) is 5.79 Å². The summed E-state index contributed by atoms with van der Waals surface area (Å²) in [6.07, 6.45) is 8.24. The zero-order valence-corrected chi connectivity index (χ0v) is 16.0. The predicted molar refractivity (Wildman–Crippen MR) is 94.8 cm³/mol. The monoisotopic (exact) mass is 360 g/mol. The Hall–Kier alpha value is -1.46. The van der Waals surface area contributed by atoms with Crippen LogP contribution in [0.3, 0.4) is 0 Å². The van der Waals surface area contributed by atoms with Crippen LogP contribution in [-0.2, 0) is 14.3 Å². The van der Waals surface area contributed by atoms with Crippen molar-refractivity contribution in [3.63, 3.8) is 0 Å². The molecule has 3 aliphatic carbocycles. The van der Waals surface area contributed by atoms with Crippen molar-refractivity contribution >= 4 is 11.6 Å². The standard InChI is InChI=1S/C21H28O5/c1-18(2)7-5-8-19(3)14(18)6-9-20(4)15(19)10-12-13(26-20)11-16(22)21(24,25)17(12)23/h10-11,14-15,24-25H,5-9H2,1-4H3/t14-,15+,19-,20-/m0/s1. The lowest BCUT2D eigenvalue weighted by Crippen LogP contribution is -2.60. The SMILES string of the molecule is CC1(C)CCC[C@]2(C)[C@H]3C=C4C(=O)C(O)(O)C(=O)C=C4O[C@@]3(C)CC[C@@H]12. The molecule has 5 nitrogen and oxygen atoms in total. The number of fused-ring (bicyclic) bond motifs is 4. The van der Waals surface area contributed by atoms with E-state index in [1.165, 1.54) is 6.42 Å². The average molecular weight is 360 g/mol. The van der Waals surface area contributed by atoms with Crippen LogP contribution in [0.5, 0.6) is 0 Å². The Balaban J connectivity index is 1.85. The van der Waals surface area contributed by atoms with E-state index in [0.717, 1.165) is 31.8 Å². The molecule has 1 heterocycles. The van der Waals surface area contributed by atoms with Crippen LogP contribution in [0.1, 0.15) is 59.8 Å². The zero-order valence-electron chi connectivity index (χ0n) is 16.0. The molecule has 0 bridgehead atoms. The third-order valence-electron chi connectivity index (χ3n) is 7.68. The normalized spacial score (nSPS) is 43.3. The van der Waals surface area contributed by atoms with E-state index in [1.807, 2.05) is 6.08 Å². The highest BCUT2D eigenvalue weighted by Gasteiger charge is 2.61. The number of rotatable bonds is 0. The summed E-state index contributed by atoms with van der Waals surface area (Å²) in [4.78, 5) is 24.5. The minimum absolute atomic E-state index is 0.00609. The number of carbonyl (C=O) groups is 2. The number of Topliss-reactive ketones (excluding diaryl/α,β-unsaturated/α-hetero) is 1. The van der Waals surface area contributed by atoms with Crippen molar-refractivity contribution in [1.82, 2.24) is 0 Å². The van der Waals surface area contributed by atoms with E-state index in [0.29, 0.717) is 5.92 Å². The molecule has 142 valence electrons. The molecule has 0 aromatic rings. The van der Waals surface area contributed by atoms with Crippen LogP contribution in [0.25, 0.3) is 0 Å². The van der Waals surface area contributed by atoms with Crippen molar-refractivity contribution in [1.29, 1.82) is 0 Å². The molecule has 0 radical (unpaired) electrons. The molecule has 26 heavy (non-hydrogen) atoms. The van der Waals surface area contributed by atoms with E-state index in [1.54, 1.807) is 0 Å². The molecule has 2 fully saturated rings. The molecule has 0 unspecified atom stereocenters. The molecule has 4 rings (SSSR count). The molecule has 4 aliphatic rings. The van der Waals surface area contributed by atoms with Crippen LogP contribution in [0, 0.1) is 22.7 Å². The highest BCUT2D eigenvalue weighted by atomic mass is 16.5. The number of hydrogen-bond acceptors (Lipinski definition) is 5. The van der Waals surface area contributed by atoms with Crippen LogP contribution in [0.2, 0.25) is 0 Å². The van der Waals surface area contributed by atoms with E-state index in [2.05, 4.69) is 27.7 Å². The molecule has 0 amide bonds. The number of carbonyl (C=O) groups excluding carboxylic acids is 2. The van der Waals surface area contributed by atoms with Crippen molar-refractivity contribution < 1.29 is 24.5 Å². The number of ketones is 2. The van der Waals surface area contributed by atoms with Crippen molar-refractivity contribution in [2.45, 2.75) is 71.2 Å². The smallest absolute Gasteiger partial charge is 0.294 e. The molecule has 0 aromatic heterocycles. The molecule has 0 saturated heterocycles. The first-order chi connectivity index (χ1) is 11.9. The van der Waals surface area contributed by atoms with Gasteiger partial charge in [0.1, 0.15) is 11.4 Å². The summed E-state index contributed by atoms with van der Waals surface area (Å²) in [6, 6.07) is 0.